The van der Waals surface area contributed by atoms with E-state index in [0.717, 1.165) is 23.9 Å². The summed E-state index contributed by atoms with van der Waals surface area (Å²) in [5.41, 5.74) is 7.17. The monoisotopic (exact) mass is 603 g/mol. The summed E-state index contributed by atoms with van der Waals surface area (Å²) in [5.74, 6) is -1.35. The van der Waals surface area contributed by atoms with Crippen LogP contribution in [0.1, 0.15) is 6.42 Å². The van der Waals surface area contributed by atoms with E-state index in [0.29, 0.717) is 85.9 Å². The average molecular weight is 604 g/mol. The number of hydrogen-bond donors (Lipinski definition) is 3. The first-order chi connectivity index (χ1) is 20.3. The zero-order chi connectivity index (χ0) is 29.4. The number of piperazine rings is 1. The number of alkyl halides is 1. The fourth-order valence-electron chi connectivity index (χ4n) is 4.98. The van der Waals surface area contributed by atoms with E-state index in [1.165, 1.54) is 10.8 Å². The predicted molar refractivity (Wildman–Crippen MR) is 152 cm³/mol. The molecule has 7 rings (SSSR count). The van der Waals surface area contributed by atoms with Crippen molar-refractivity contribution in [2.75, 3.05) is 56.4 Å². The van der Waals surface area contributed by atoms with Crippen LogP contribution in [0.25, 0.3) is 27.6 Å². The lowest BCUT2D eigenvalue weighted by atomic mass is 10.2. The molecule has 1 unspecified atom stereocenters. The molecule has 2 aliphatic heterocycles. The van der Waals surface area contributed by atoms with Crippen molar-refractivity contribution in [3.05, 3.63) is 51.8 Å². The second-order valence-corrected chi connectivity index (χ2v) is 10.9. The second kappa shape index (κ2) is 11.6. The number of nitrogen functional groups attached to an aromatic ring is 1. The highest BCUT2D eigenvalue weighted by atomic mass is 32.1. The van der Waals surface area contributed by atoms with Crippen LogP contribution >= 0.6 is 11.3 Å². The number of nitrogens with two attached hydrogens (primary N) is 1. The standard InChI is InChI=1S/C22H20F2N8O3S.C4H8FN/c23-12-10-13(24)15(33)11-14(12)30-6-3-29(4-7-30)5-8-31-19-17(36-22(31)34)20-26-18(16-2-1-9-35-16)28-32(20)21(25)27-19;5-4-1-2-6-3-4/h1-2,9-11,33H,3-8H2,(H2,25,27);4,6H,1-3H2. The highest BCUT2D eigenvalue weighted by molar-refractivity contribution is 7.17. The van der Waals surface area contributed by atoms with Gasteiger partial charge in [0.05, 0.1) is 12.0 Å². The number of furan rings is 1. The molecule has 5 aromatic rings. The minimum atomic E-state index is -0.988. The third-order valence-corrected chi connectivity index (χ3v) is 8.19. The Kier molecular flexibility index (Phi) is 7.74. The molecule has 12 nitrogen and oxygen atoms in total. The first kappa shape index (κ1) is 28.0. The summed E-state index contributed by atoms with van der Waals surface area (Å²) in [6.07, 6.45) is 1.66. The number of halogens is 3. The number of nitrogens with zero attached hydrogens (tertiary/aromatic N) is 7. The van der Waals surface area contributed by atoms with Gasteiger partial charge < -0.3 is 25.5 Å². The highest BCUT2D eigenvalue weighted by Gasteiger charge is 2.23. The summed E-state index contributed by atoms with van der Waals surface area (Å²) in [6, 6.07) is 5.26. The van der Waals surface area contributed by atoms with Crippen molar-refractivity contribution in [3.63, 3.8) is 0 Å². The maximum atomic E-state index is 14.2. The van der Waals surface area contributed by atoms with Gasteiger partial charge in [0, 0.05) is 57.9 Å². The zero-order valence-corrected chi connectivity index (χ0v) is 23.2. The molecule has 4 N–H and O–H groups in total. The number of thiazole rings is 1. The van der Waals surface area contributed by atoms with Crippen LogP contribution in [-0.2, 0) is 6.54 Å². The summed E-state index contributed by atoms with van der Waals surface area (Å²) in [7, 11) is 0. The summed E-state index contributed by atoms with van der Waals surface area (Å²) in [5, 5.41) is 16.9. The molecule has 16 heteroatoms. The van der Waals surface area contributed by atoms with E-state index in [1.807, 2.05) is 0 Å². The van der Waals surface area contributed by atoms with Crippen molar-refractivity contribution in [2.24, 2.45) is 0 Å². The number of fused-ring (bicyclic) bond motifs is 3. The number of benzene rings is 1. The molecule has 0 bridgehead atoms. The Labute approximate surface area is 240 Å². The Morgan fingerprint density at radius 1 is 1.12 bits per heavy atom. The van der Waals surface area contributed by atoms with Crippen LogP contribution in [0.4, 0.5) is 24.8 Å². The lowest BCUT2D eigenvalue weighted by Gasteiger charge is -2.36. The lowest BCUT2D eigenvalue weighted by molar-refractivity contribution is 0.248. The largest absolute Gasteiger partial charge is 0.505 e. The third-order valence-electron chi connectivity index (χ3n) is 7.23. The van der Waals surface area contributed by atoms with Gasteiger partial charge in [-0.1, -0.05) is 11.3 Å². The van der Waals surface area contributed by atoms with Gasteiger partial charge in [-0.15, -0.1) is 5.10 Å². The average Bonchev–Trinajstić information content (AvgIpc) is 3.78. The molecule has 2 fully saturated rings. The SMILES string of the molecule is FC1CCNC1.Nc1nc2c(sc(=O)n2CCN2CCN(c3cc(O)c(F)cc3F)CC2)c2nc(-c3ccco3)nn12. The number of rotatable bonds is 5. The van der Waals surface area contributed by atoms with Gasteiger partial charge in [-0.05, 0) is 25.1 Å². The summed E-state index contributed by atoms with van der Waals surface area (Å²) >= 11 is 1.03. The van der Waals surface area contributed by atoms with Crippen LogP contribution in [0.3, 0.4) is 0 Å². The van der Waals surface area contributed by atoms with Gasteiger partial charge in [0.25, 0.3) is 0 Å². The summed E-state index contributed by atoms with van der Waals surface area (Å²) in [6.45, 7) is 4.56. The molecule has 1 aromatic carbocycles. The maximum Gasteiger partial charge on any atom is 0.309 e. The van der Waals surface area contributed by atoms with Crippen LogP contribution < -0.4 is 20.8 Å². The molecular formula is C26H28F3N9O3S. The van der Waals surface area contributed by atoms with E-state index in [-0.39, 0.29) is 16.5 Å². The molecule has 42 heavy (non-hydrogen) atoms. The molecule has 1 atom stereocenters. The molecule has 0 spiro atoms. The van der Waals surface area contributed by atoms with E-state index in [1.54, 1.807) is 21.6 Å². The quantitative estimate of drug-likeness (QED) is 0.274. The van der Waals surface area contributed by atoms with Gasteiger partial charge in [-0.2, -0.15) is 9.50 Å². The summed E-state index contributed by atoms with van der Waals surface area (Å²) < 4.78 is 48.3. The van der Waals surface area contributed by atoms with E-state index in [2.05, 4.69) is 25.3 Å². The van der Waals surface area contributed by atoms with Gasteiger partial charge >= 0.3 is 4.87 Å². The van der Waals surface area contributed by atoms with Gasteiger partial charge in [-0.3, -0.25) is 14.3 Å². The Bertz CT molecular complexity index is 1760. The third kappa shape index (κ3) is 5.52. The Balaban J connectivity index is 0.000000470. The summed E-state index contributed by atoms with van der Waals surface area (Å²) in [4.78, 5) is 25.5. The maximum absolute atomic E-state index is 14.2. The van der Waals surface area contributed by atoms with Crippen molar-refractivity contribution in [3.8, 4) is 17.3 Å². The van der Waals surface area contributed by atoms with Crippen LogP contribution in [0, 0.1) is 11.6 Å². The van der Waals surface area contributed by atoms with Gasteiger partial charge in [-0.25, -0.2) is 18.2 Å². The predicted octanol–water partition coefficient (Wildman–Crippen LogP) is 2.47. The molecule has 6 heterocycles. The molecule has 2 aliphatic rings. The van der Waals surface area contributed by atoms with Crippen LogP contribution in [0.5, 0.6) is 5.75 Å². The minimum absolute atomic E-state index is 0.104. The van der Waals surface area contributed by atoms with E-state index >= 15 is 0 Å². The van der Waals surface area contributed by atoms with E-state index in [9.17, 15) is 23.1 Å². The van der Waals surface area contributed by atoms with Gasteiger partial charge in [0.1, 0.15) is 16.7 Å². The number of phenolic OH excluding ortho intramolecular Hbond substituents is 1. The van der Waals surface area contributed by atoms with Crippen molar-refractivity contribution < 1.29 is 22.7 Å². The number of aromatic nitrogens is 5. The van der Waals surface area contributed by atoms with Crippen LogP contribution in [0.15, 0.2) is 39.7 Å². The smallest absolute Gasteiger partial charge is 0.309 e. The Morgan fingerprint density at radius 2 is 1.93 bits per heavy atom. The molecule has 0 aliphatic carbocycles. The fourth-order valence-corrected chi connectivity index (χ4v) is 5.91. The molecular weight excluding hydrogens is 575 g/mol. The lowest BCUT2D eigenvalue weighted by Crippen LogP contribution is -2.47. The second-order valence-electron chi connectivity index (χ2n) is 9.96. The van der Waals surface area contributed by atoms with E-state index < -0.39 is 23.6 Å². The zero-order valence-electron chi connectivity index (χ0n) is 22.3. The van der Waals surface area contributed by atoms with Crippen molar-refractivity contribution in [2.45, 2.75) is 19.1 Å². The number of anilines is 2. The molecule has 222 valence electrons. The van der Waals surface area contributed by atoms with Gasteiger partial charge in [0.2, 0.25) is 11.8 Å². The van der Waals surface area contributed by atoms with Gasteiger partial charge in [0.15, 0.2) is 28.6 Å². The molecule has 0 amide bonds. The molecule has 0 saturated carbocycles. The molecule has 2 saturated heterocycles. The molecule has 4 aromatic heterocycles. The number of nitrogens with one attached hydrogen (secondary N) is 1. The Morgan fingerprint density at radius 3 is 2.60 bits per heavy atom. The highest BCUT2D eigenvalue weighted by Crippen LogP contribution is 2.28. The molecule has 0 radical (unpaired) electrons. The number of hydrogen-bond acceptors (Lipinski definition) is 11. The van der Waals surface area contributed by atoms with Crippen LogP contribution in [0.2, 0.25) is 0 Å². The van der Waals surface area contributed by atoms with Crippen LogP contribution in [-0.4, -0.2) is 86.1 Å². The number of phenols is 1. The normalized spacial score (nSPS) is 17.7. The first-order valence-corrected chi connectivity index (χ1v) is 14.2. The van der Waals surface area contributed by atoms with Crippen molar-refractivity contribution in [1.29, 1.82) is 0 Å². The minimum Gasteiger partial charge on any atom is -0.505 e. The number of aromatic hydroxyl groups is 1. The van der Waals surface area contributed by atoms with Crippen molar-refractivity contribution in [1.82, 2.24) is 34.4 Å². The topological polar surface area (TPSA) is 143 Å². The fraction of sp³-hybridized carbons (Fsp3) is 0.385. The van der Waals surface area contributed by atoms with Crippen molar-refractivity contribution >= 4 is 39.0 Å². The first-order valence-electron chi connectivity index (χ1n) is 13.4. The Hall–Kier alpha value is -4.15. The van der Waals surface area contributed by atoms with E-state index in [4.69, 9.17) is 10.2 Å².